The molecule has 0 unspecified atom stereocenters. The number of nitrogens with zero attached hydrogens (tertiary/aromatic N) is 2. The van der Waals surface area contributed by atoms with Gasteiger partial charge in [-0.25, -0.2) is 4.39 Å². The molecule has 2 amide bonds. The quantitative estimate of drug-likeness (QED) is 0.665. The molecule has 132 valence electrons. The van der Waals surface area contributed by atoms with Gasteiger partial charge in [0.15, 0.2) is 0 Å². The second kappa shape index (κ2) is 7.49. The Morgan fingerprint density at radius 2 is 2.04 bits per heavy atom. The lowest BCUT2D eigenvalue weighted by Crippen LogP contribution is -2.24. The number of rotatable bonds is 3. The van der Waals surface area contributed by atoms with Gasteiger partial charge in [0.1, 0.15) is 5.82 Å². The smallest absolute Gasteiger partial charge is 0.254 e. The van der Waals surface area contributed by atoms with Crippen LogP contribution in [0.15, 0.2) is 59.2 Å². The zero-order valence-electron chi connectivity index (χ0n) is 13.9. The third kappa shape index (κ3) is 3.65. The number of aliphatic imine (C=N–C) groups is 1. The van der Waals surface area contributed by atoms with E-state index in [-0.39, 0.29) is 6.54 Å². The standard InChI is InChI=1S/C19H15ClFN3O2/c1-24(11-25)18(26)9-13-10-22-19(14-4-2-3-5-16(14)21)15-8-12(20)6-7-17(15)23-13/h2-9,11,23H,10H2,1H3/b13-9+. The average molecular weight is 372 g/mol. The highest BCUT2D eigenvalue weighted by atomic mass is 35.5. The Balaban J connectivity index is 2.10. The van der Waals surface area contributed by atoms with Gasteiger partial charge in [0.2, 0.25) is 6.41 Å². The first-order valence-electron chi connectivity index (χ1n) is 7.78. The minimum Gasteiger partial charge on any atom is -0.357 e. The number of amides is 2. The lowest BCUT2D eigenvalue weighted by molar-refractivity contribution is -0.132. The number of fused-ring (bicyclic) bond motifs is 1. The maximum atomic E-state index is 14.3. The summed E-state index contributed by atoms with van der Waals surface area (Å²) in [5.74, 6) is -0.885. The molecule has 0 radical (unpaired) electrons. The second-order valence-corrected chi connectivity index (χ2v) is 6.12. The number of halogens is 2. The van der Waals surface area contributed by atoms with Crippen molar-refractivity contribution in [1.29, 1.82) is 0 Å². The molecule has 1 N–H and O–H groups in total. The molecule has 1 aliphatic rings. The number of benzodiazepines with no additional fused rings is 1. The van der Waals surface area contributed by atoms with E-state index in [2.05, 4.69) is 10.3 Å². The summed E-state index contributed by atoms with van der Waals surface area (Å²) in [5, 5.41) is 3.60. The van der Waals surface area contributed by atoms with Crippen LogP contribution in [0, 0.1) is 5.82 Å². The maximum Gasteiger partial charge on any atom is 0.254 e. The zero-order chi connectivity index (χ0) is 18.7. The van der Waals surface area contributed by atoms with Crippen molar-refractivity contribution in [3.8, 4) is 0 Å². The lowest BCUT2D eigenvalue weighted by Gasteiger charge is -2.12. The topological polar surface area (TPSA) is 61.8 Å². The number of benzene rings is 2. The van der Waals surface area contributed by atoms with Crippen molar-refractivity contribution in [3.05, 3.63) is 76.2 Å². The molecule has 3 rings (SSSR count). The van der Waals surface area contributed by atoms with Crippen LogP contribution in [0.2, 0.25) is 5.02 Å². The molecule has 0 saturated carbocycles. The van der Waals surface area contributed by atoms with Gasteiger partial charge in [-0.1, -0.05) is 23.7 Å². The molecule has 0 fully saturated rings. The van der Waals surface area contributed by atoms with Crippen molar-refractivity contribution >= 4 is 35.3 Å². The average Bonchev–Trinajstić information content (AvgIpc) is 2.80. The summed E-state index contributed by atoms with van der Waals surface area (Å²) >= 11 is 6.11. The number of carbonyl (C=O) groups excluding carboxylic acids is 2. The summed E-state index contributed by atoms with van der Waals surface area (Å²) in [7, 11) is 1.37. The van der Waals surface area contributed by atoms with E-state index in [9.17, 15) is 14.0 Å². The van der Waals surface area contributed by atoms with Gasteiger partial charge in [-0.3, -0.25) is 19.5 Å². The van der Waals surface area contributed by atoms with E-state index >= 15 is 0 Å². The van der Waals surface area contributed by atoms with Crippen LogP contribution in [0.1, 0.15) is 11.1 Å². The number of hydrogen-bond acceptors (Lipinski definition) is 4. The van der Waals surface area contributed by atoms with Crippen molar-refractivity contribution in [2.24, 2.45) is 4.99 Å². The van der Waals surface area contributed by atoms with Gasteiger partial charge in [-0.05, 0) is 30.3 Å². The van der Waals surface area contributed by atoms with Crippen molar-refractivity contribution in [3.63, 3.8) is 0 Å². The summed E-state index contributed by atoms with van der Waals surface area (Å²) in [4.78, 5) is 28.1. The Bertz CT molecular complexity index is 940. The first-order chi connectivity index (χ1) is 12.5. The van der Waals surface area contributed by atoms with E-state index in [1.54, 1.807) is 36.4 Å². The Hall–Kier alpha value is -2.99. The maximum absolute atomic E-state index is 14.3. The van der Waals surface area contributed by atoms with Crippen LogP contribution in [-0.4, -0.2) is 36.5 Å². The molecule has 0 aromatic heterocycles. The molecule has 26 heavy (non-hydrogen) atoms. The number of imide groups is 1. The minimum absolute atomic E-state index is 0.119. The molecule has 5 nitrogen and oxygen atoms in total. The number of nitrogens with one attached hydrogen (secondary N) is 1. The molecule has 0 aliphatic carbocycles. The fraction of sp³-hybridized carbons (Fsp3) is 0.105. The van der Waals surface area contributed by atoms with E-state index in [1.807, 2.05) is 0 Å². The summed E-state index contributed by atoms with van der Waals surface area (Å²) in [6.45, 7) is 0.119. The van der Waals surface area contributed by atoms with Crippen LogP contribution in [0.4, 0.5) is 10.1 Å². The molecule has 0 atom stereocenters. The fourth-order valence-electron chi connectivity index (χ4n) is 2.55. The van der Waals surface area contributed by atoms with E-state index in [4.69, 9.17) is 11.6 Å². The highest BCUT2D eigenvalue weighted by Crippen LogP contribution is 2.28. The van der Waals surface area contributed by atoms with Gasteiger partial charge in [0.25, 0.3) is 5.91 Å². The Labute approximate surface area is 154 Å². The zero-order valence-corrected chi connectivity index (χ0v) is 14.6. The number of anilines is 1. The van der Waals surface area contributed by atoms with E-state index in [1.165, 1.54) is 19.2 Å². The third-order valence-corrected chi connectivity index (χ3v) is 4.11. The molecule has 0 saturated heterocycles. The van der Waals surface area contributed by atoms with E-state index < -0.39 is 11.7 Å². The predicted molar refractivity (Wildman–Crippen MR) is 98.9 cm³/mol. The highest BCUT2D eigenvalue weighted by molar-refractivity contribution is 6.31. The summed E-state index contributed by atoms with van der Waals surface area (Å²) in [6.07, 6.45) is 1.72. The largest absolute Gasteiger partial charge is 0.357 e. The normalized spacial score (nSPS) is 14.7. The lowest BCUT2D eigenvalue weighted by atomic mass is 10.00. The fourth-order valence-corrected chi connectivity index (χ4v) is 2.72. The molecular weight excluding hydrogens is 357 g/mol. The van der Waals surface area contributed by atoms with Gasteiger partial charge in [0.05, 0.1) is 12.3 Å². The molecular formula is C19H15ClFN3O2. The molecule has 2 aromatic carbocycles. The van der Waals surface area contributed by atoms with Crippen LogP contribution >= 0.6 is 11.6 Å². The number of likely N-dealkylation sites (N-methyl/N-ethyl adjacent to an activating group) is 1. The minimum atomic E-state index is -0.484. The molecule has 1 aliphatic heterocycles. The number of carbonyl (C=O) groups is 2. The third-order valence-electron chi connectivity index (χ3n) is 3.87. The van der Waals surface area contributed by atoms with Gasteiger partial charge >= 0.3 is 0 Å². The Kier molecular flexibility index (Phi) is 5.14. The van der Waals surface area contributed by atoms with Crippen molar-refractivity contribution in [2.45, 2.75) is 0 Å². The van der Waals surface area contributed by atoms with Crippen molar-refractivity contribution in [1.82, 2.24) is 4.90 Å². The van der Waals surface area contributed by atoms with Crippen LogP contribution in [0.25, 0.3) is 0 Å². The van der Waals surface area contributed by atoms with Gasteiger partial charge in [-0.15, -0.1) is 0 Å². The van der Waals surface area contributed by atoms with Crippen LogP contribution in [0.3, 0.4) is 0 Å². The Morgan fingerprint density at radius 1 is 1.27 bits per heavy atom. The van der Waals surface area contributed by atoms with E-state index in [0.29, 0.717) is 39.7 Å². The summed E-state index contributed by atoms with van der Waals surface area (Å²) in [5.41, 5.74) is 2.53. The van der Waals surface area contributed by atoms with Gasteiger partial charge in [-0.2, -0.15) is 0 Å². The second-order valence-electron chi connectivity index (χ2n) is 5.68. The first kappa shape index (κ1) is 17.8. The van der Waals surface area contributed by atoms with Gasteiger partial charge < -0.3 is 5.32 Å². The van der Waals surface area contributed by atoms with Crippen LogP contribution in [0.5, 0.6) is 0 Å². The van der Waals surface area contributed by atoms with Crippen LogP contribution in [-0.2, 0) is 9.59 Å². The summed E-state index contributed by atoms with van der Waals surface area (Å²) < 4.78 is 14.3. The van der Waals surface area contributed by atoms with Crippen molar-refractivity contribution in [2.75, 3.05) is 18.9 Å². The first-order valence-corrected chi connectivity index (χ1v) is 8.16. The van der Waals surface area contributed by atoms with E-state index in [0.717, 1.165) is 4.90 Å². The Morgan fingerprint density at radius 3 is 2.77 bits per heavy atom. The molecule has 2 aromatic rings. The monoisotopic (exact) mass is 371 g/mol. The van der Waals surface area contributed by atoms with Crippen molar-refractivity contribution < 1.29 is 14.0 Å². The molecule has 1 heterocycles. The predicted octanol–water partition coefficient (Wildman–Crippen LogP) is 3.24. The highest BCUT2D eigenvalue weighted by Gasteiger charge is 2.20. The molecule has 0 spiro atoms. The van der Waals surface area contributed by atoms with Crippen LogP contribution < -0.4 is 5.32 Å². The number of hydrogen-bond donors (Lipinski definition) is 1. The molecule has 0 bridgehead atoms. The SMILES string of the molecule is CN(C=O)C(=O)/C=C1\CN=C(c2ccccc2F)c2cc(Cl)ccc2N1. The van der Waals surface area contributed by atoms with Gasteiger partial charge in [0, 0.05) is 40.7 Å². The molecule has 7 heteroatoms. The summed E-state index contributed by atoms with van der Waals surface area (Å²) in [6, 6.07) is 11.4.